The van der Waals surface area contributed by atoms with Gasteiger partial charge in [0.25, 0.3) is 10.0 Å². The fourth-order valence-corrected chi connectivity index (χ4v) is 5.45. The molecule has 0 amide bonds. The van der Waals surface area contributed by atoms with Gasteiger partial charge in [-0.25, -0.2) is 27.7 Å². The molecule has 33 heavy (non-hydrogen) atoms. The van der Waals surface area contributed by atoms with E-state index >= 15 is 0 Å². The summed E-state index contributed by atoms with van der Waals surface area (Å²) in [5.74, 6) is -1.40. The van der Waals surface area contributed by atoms with Crippen molar-refractivity contribution in [3.63, 3.8) is 0 Å². The number of ether oxygens (including phenoxy) is 1. The lowest BCUT2D eigenvalue weighted by molar-refractivity contribution is 0.0599. The largest absolute Gasteiger partial charge is 0.465 e. The number of H-pyrrole nitrogens is 1. The minimum absolute atomic E-state index is 0.0707. The highest BCUT2D eigenvalue weighted by Crippen LogP contribution is 2.41. The molecule has 0 unspecified atom stereocenters. The molecule has 2 N–H and O–H groups in total. The Balaban J connectivity index is 1.65. The van der Waals surface area contributed by atoms with E-state index in [4.69, 9.17) is 13.6 Å². The standard InChI is InChI=1S/C21H15N3O7S2/c1-10-16(20(25)29-2)17(19-22-13-5-3-4-6-15(13)32-19)18(30-10)24-33(27,28)11-7-8-12-14(9-11)31-21(26)23-12/h3-9,24H,1-2H3,(H,23,26). The molecule has 0 fully saturated rings. The SMILES string of the molecule is COC(=O)c1c(C)oc(NS(=O)(=O)c2ccc3[nH]c(=O)oc3c2)c1-c1nc2ccccc2s1. The fourth-order valence-electron chi connectivity index (χ4n) is 3.42. The Hall–Kier alpha value is -3.90. The Morgan fingerprint density at radius 3 is 2.73 bits per heavy atom. The van der Waals surface area contributed by atoms with Crippen molar-refractivity contribution < 1.29 is 26.8 Å². The third kappa shape index (κ3) is 3.58. The first kappa shape index (κ1) is 21.0. The summed E-state index contributed by atoms with van der Waals surface area (Å²) in [5, 5.41) is 0.387. The molecule has 5 aromatic rings. The van der Waals surface area contributed by atoms with Crippen molar-refractivity contribution in [2.75, 3.05) is 11.8 Å². The zero-order valence-corrected chi connectivity index (χ0v) is 18.8. The monoisotopic (exact) mass is 485 g/mol. The number of para-hydroxylation sites is 1. The van der Waals surface area contributed by atoms with Gasteiger partial charge in [-0.1, -0.05) is 12.1 Å². The number of carbonyl (C=O) groups is 1. The number of carbonyl (C=O) groups excluding carboxylic acids is 1. The number of furan rings is 1. The lowest BCUT2D eigenvalue weighted by atomic mass is 10.1. The second-order valence-corrected chi connectivity index (χ2v) is 9.71. The summed E-state index contributed by atoms with van der Waals surface area (Å²) in [6, 6.07) is 11.3. The van der Waals surface area contributed by atoms with Crippen molar-refractivity contribution in [2.24, 2.45) is 0 Å². The molecular formula is C21H15N3O7S2. The van der Waals surface area contributed by atoms with E-state index in [2.05, 4.69) is 14.7 Å². The summed E-state index contributed by atoms with van der Waals surface area (Å²) >= 11 is 1.28. The number of hydrogen-bond donors (Lipinski definition) is 2. The normalized spacial score (nSPS) is 11.8. The second kappa shape index (κ2) is 7.60. The maximum atomic E-state index is 13.1. The van der Waals surface area contributed by atoms with Crippen molar-refractivity contribution >= 4 is 54.5 Å². The first-order valence-electron chi connectivity index (χ1n) is 9.50. The van der Waals surface area contributed by atoms with Crippen LogP contribution in [0.15, 0.2) is 61.0 Å². The van der Waals surface area contributed by atoms with Crippen LogP contribution < -0.4 is 10.5 Å². The number of benzene rings is 2. The number of aromatic nitrogens is 2. The molecule has 0 radical (unpaired) electrons. The van der Waals surface area contributed by atoms with Crippen LogP contribution in [0.4, 0.5) is 5.88 Å². The number of esters is 1. The fraction of sp³-hybridized carbons (Fsp3) is 0.0952. The van der Waals surface area contributed by atoms with Gasteiger partial charge in [0.1, 0.15) is 16.3 Å². The maximum absolute atomic E-state index is 13.1. The van der Waals surface area contributed by atoms with Gasteiger partial charge in [-0.2, -0.15) is 0 Å². The summed E-state index contributed by atoms with van der Waals surface area (Å²) in [6.45, 7) is 1.53. The average Bonchev–Trinajstić information content (AvgIpc) is 3.45. The summed E-state index contributed by atoms with van der Waals surface area (Å²) in [7, 11) is -2.96. The molecule has 5 rings (SSSR count). The highest BCUT2D eigenvalue weighted by molar-refractivity contribution is 7.92. The van der Waals surface area contributed by atoms with Gasteiger partial charge in [0.15, 0.2) is 5.58 Å². The van der Waals surface area contributed by atoms with Gasteiger partial charge in [0.05, 0.1) is 33.3 Å². The zero-order chi connectivity index (χ0) is 23.3. The van der Waals surface area contributed by atoms with E-state index in [0.717, 1.165) is 4.70 Å². The van der Waals surface area contributed by atoms with Crippen molar-refractivity contribution in [2.45, 2.75) is 11.8 Å². The molecule has 0 aliphatic heterocycles. The van der Waals surface area contributed by atoms with Gasteiger partial charge in [-0.3, -0.25) is 4.98 Å². The number of rotatable bonds is 5. The number of hydrogen-bond acceptors (Lipinski definition) is 9. The number of aryl methyl sites for hydroxylation is 1. The number of nitrogens with zero attached hydrogens (tertiary/aromatic N) is 1. The van der Waals surface area contributed by atoms with E-state index in [1.165, 1.54) is 43.6 Å². The van der Waals surface area contributed by atoms with Crippen molar-refractivity contribution in [1.29, 1.82) is 0 Å². The average molecular weight is 485 g/mol. The van der Waals surface area contributed by atoms with Crippen LogP contribution in [0.2, 0.25) is 0 Å². The van der Waals surface area contributed by atoms with Gasteiger partial charge in [0.2, 0.25) is 5.88 Å². The molecule has 0 aliphatic rings. The van der Waals surface area contributed by atoms with Gasteiger partial charge < -0.3 is 13.6 Å². The van der Waals surface area contributed by atoms with Crippen LogP contribution in [0.5, 0.6) is 0 Å². The third-order valence-electron chi connectivity index (χ3n) is 4.91. The molecule has 2 aromatic carbocycles. The highest BCUT2D eigenvalue weighted by Gasteiger charge is 2.30. The highest BCUT2D eigenvalue weighted by atomic mass is 32.2. The van der Waals surface area contributed by atoms with Crippen LogP contribution in [0.3, 0.4) is 0 Å². The number of oxazole rings is 1. The van der Waals surface area contributed by atoms with E-state index in [9.17, 15) is 18.0 Å². The molecule has 0 saturated heterocycles. The topological polar surface area (TPSA) is 144 Å². The van der Waals surface area contributed by atoms with Crippen molar-refractivity contribution in [3.8, 4) is 10.6 Å². The summed E-state index contributed by atoms with van der Waals surface area (Å²) < 4.78 is 45.0. The Kier molecular flexibility index (Phi) is 4.83. The second-order valence-electron chi connectivity index (χ2n) is 6.99. The van der Waals surface area contributed by atoms with Gasteiger partial charge in [-0.15, -0.1) is 11.3 Å². The molecule has 0 atom stereocenters. The van der Waals surface area contributed by atoms with Gasteiger partial charge >= 0.3 is 11.7 Å². The van der Waals surface area contributed by atoms with E-state index in [1.54, 1.807) is 0 Å². The Morgan fingerprint density at radius 2 is 1.97 bits per heavy atom. The van der Waals surface area contributed by atoms with Crippen molar-refractivity contribution in [3.05, 3.63) is 64.3 Å². The minimum atomic E-state index is -4.19. The predicted octanol–water partition coefficient (Wildman–Crippen LogP) is 3.89. The van der Waals surface area contributed by atoms with Crippen LogP contribution in [-0.2, 0) is 14.8 Å². The van der Waals surface area contributed by atoms with E-state index in [0.29, 0.717) is 16.0 Å². The zero-order valence-electron chi connectivity index (χ0n) is 17.2. The number of sulfonamides is 1. The van der Waals surface area contributed by atoms with Crippen LogP contribution in [0.25, 0.3) is 31.9 Å². The minimum Gasteiger partial charge on any atom is -0.465 e. The Labute approximate surface area is 189 Å². The number of anilines is 1. The molecule has 0 bridgehead atoms. The molecule has 3 aromatic heterocycles. The van der Waals surface area contributed by atoms with E-state index in [1.807, 2.05) is 24.3 Å². The van der Waals surface area contributed by atoms with E-state index < -0.39 is 21.7 Å². The summed E-state index contributed by atoms with van der Waals surface area (Å²) in [5.41, 5.74) is 1.38. The van der Waals surface area contributed by atoms with Crippen molar-refractivity contribution in [1.82, 2.24) is 9.97 Å². The number of aromatic amines is 1. The quantitative estimate of drug-likeness (QED) is 0.357. The molecule has 0 saturated carbocycles. The summed E-state index contributed by atoms with van der Waals surface area (Å²) in [4.78, 5) is 30.7. The van der Waals surface area contributed by atoms with Gasteiger partial charge in [0, 0.05) is 6.07 Å². The summed E-state index contributed by atoms with van der Waals surface area (Å²) in [6.07, 6.45) is 0. The lowest BCUT2D eigenvalue weighted by Crippen LogP contribution is -2.13. The Morgan fingerprint density at radius 1 is 1.18 bits per heavy atom. The van der Waals surface area contributed by atoms with Crippen LogP contribution >= 0.6 is 11.3 Å². The molecule has 0 spiro atoms. The van der Waals surface area contributed by atoms with E-state index in [-0.39, 0.29) is 33.2 Å². The predicted molar refractivity (Wildman–Crippen MR) is 121 cm³/mol. The Bertz CT molecular complexity index is 1670. The molecule has 168 valence electrons. The number of thiazole rings is 1. The third-order valence-corrected chi connectivity index (χ3v) is 7.29. The molecule has 3 heterocycles. The van der Waals surface area contributed by atoms with Crippen LogP contribution in [0, 0.1) is 6.92 Å². The number of nitrogens with one attached hydrogen (secondary N) is 2. The first-order valence-corrected chi connectivity index (χ1v) is 11.8. The molecule has 12 heteroatoms. The number of methoxy groups -OCH3 is 1. The molecular weight excluding hydrogens is 470 g/mol. The maximum Gasteiger partial charge on any atom is 0.417 e. The molecule has 10 nitrogen and oxygen atoms in total. The van der Waals surface area contributed by atoms with Crippen LogP contribution in [-0.4, -0.2) is 31.5 Å². The van der Waals surface area contributed by atoms with Gasteiger partial charge in [-0.05, 0) is 31.2 Å². The first-order chi connectivity index (χ1) is 15.8. The van der Waals surface area contributed by atoms with Crippen LogP contribution in [0.1, 0.15) is 16.1 Å². The lowest BCUT2D eigenvalue weighted by Gasteiger charge is -2.07. The molecule has 0 aliphatic carbocycles. The smallest absolute Gasteiger partial charge is 0.417 e. The number of fused-ring (bicyclic) bond motifs is 2.